The fourth-order valence-corrected chi connectivity index (χ4v) is 2.28. The predicted molar refractivity (Wildman–Crippen MR) is 79.0 cm³/mol. The third kappa shape index (κ3) is 2.85. The number of benzene rings is 1. The van der Waals surface area contributed by atoms with Crippen molar-refractivity contribution in [3.8, 4) is 0 Å². The van der Waals surface area contributed by atoms with Crippen LogP contribution in [0.5, 0.6) is 0 Å². The van der Waals surface area contributed by atoms with Crippen LogP contribution >= 0.6 is 11.6 Å². The van der Waals surface area contributed by atoms with E-state index in [1.807, 2.05) is 6.07 Å². The third-order valence-electron chi connectivity index (χ3n) is 2.96. The van der Waals surface area contributed by atoms with Gasteiger partial charge >= 0.3 is 0 Å². The molecule has 3 aromatic rings. The topological polar surface area (TPSA) is 83.6 Å². The molecule has 0 unspecified atom stereocenters. The van der Waals surface area contributed by atoms with Crippen molar-refractivity contribution >= 4 is 28.4 Å². The van der Waals surface area contributed by atoms with E-state index in [1.54, 1.807) is 31.3 Å². The number of hydrogen-bond donors (Lipinski definition) is 2. The summed E-state index contributed by atoms with van der Waals surface area (Å²) < 4.78 is 0. The van der Waals surface area contributed by atoms with Crippen molar-refractivity contribution in [2.75, 3.05) is 0 Å². The van der Waals surface area contributed by atoms with Crippen LogP contribution in [0.3, 0.4) is 0 Å². The Morgan fingerprint density at radius 2 is 2.29 bits per heavy atom. The predicted octanol–water partition coefficient (Wildman–Crippen LogP) is 2.24. The van der Waals surface area contributed by atoms with Crippen LogP contribution in [0.15, 0.2) is 30.5 Å². The number of amides is 1. The summed E-state index contributed by atoms with van der Waals surface area (Å²) in [6.45, 7) is 2.04. The van der Waals surface area contributed by atoms with Crippen LogP contribution in [-0.4, -0.2) is 26.1 Å². The normalized spacial score (nSPS) is 10.8. The molecule has 0 fully saturated rings. The number of aromatic amines is 1. The van der Waals surface area contributed by atoms with Crippen LogP contribution in [0.25, 0.3) is 10.9 Å². The molecule has 1 amide bonds. The van der Waals surface area contributed by atoms with Crippen molar-refractivity contribution in [2.45, 2.75) is 13.5 Å². The number of carbonyl (C=O) groups is 1. The first-order valence-electron chi connectivity index (χ1n) is 6.34. The van der Waals surface area contributed by atoms with Crippen LogP contribution < -0.4 is 5.32 Å². The number of nitrogens with zero attached hydrogens (tertiary/aromatic N) is 3. The maximum atomic E-state index is 12.3. The highest BCUT2D eigenvalue weighted by molar-refractivity contribution is 6.32. The van der Waals surface area contributed by atoms with E-state index < -0.39 is 0 Å². The van der Waals surface area contributed by atoms with Gasteiger partial charge in [-0.1, -0.05) is 17.7 Å². The molecule has 3 rings (SSSR count). The Morgan fingerprint density at radius 1 is 1.43 bits per heavy atom. The van der Waals surface area contributed by atoms with E-state index in [2.05, 4.69) is 25.5 Å². The Labute approximate surface area is 125 Å². The molecule has 1 aromatic carbocycles. The zero-order chi connectivity index (χ0) is 14.8. The number of pyridine rings is 1. The van der Waals surface area contributed by atoms with E-state index in [1.165, 1.54) is 0 Å². The maximum absolute atomic E-state index is 12.3. The van der Waals surface area contributed by atoms with Gasteiger partial charge < -0.3 is 5.32 Å². The molecule has 0 saturated heterocycles. The molecule has 0 aliphatic heterocycles. The smallest absolute Gasteiger partial charge is 0.253 e. The minimum atomic E-state index is -0.261. The van der Waals surface area contributed by atoms with Gasteiger partial charge in [0.2, 0.25) is 0 Å². The van der Waals surface area contributed by atoms with Crippen LogP contribution in [0.1, 0.15) is 22.0 Å². The van der Waals surface area contributed by atoms with E-state index in [0.717, 1.165) is 5.39 Å². The second-order valence-electron chi connectivity index (χ2n) is 4.55. The Bertz CT molecular complexity index is 814. The average Bonchev–Trinajstić information content (AvgIpc) is 2.89. The molecule has 6 nitrogen and oxygen atoms in total. The standard InChI is InChI=1S/C14H12ClN5O/c1-8-18-12(20-19-8)7-17-14(21)11-6-10(15)5-9-3-2-4-16-13(9)11/h2-6H,7H2,1H3,(H,17,21)(H,18,19,20). The minimum Gasteiger partial charge on any atom is -0.345 e. The molecule has 21 heavy (non-hydrogen) atoms. The summed E-state index contributed by atoms with van der Waals surface area (Å²) >= 11 is 6.05. The van der Waals surface area contributed by atoms with Gasteiger partial charge in [-0.3, -0.25) is 14.9 Å². The molecule has 0 bridgehead atoms. The average molecular weight is 302 g/mol. The number of hydrogen-bond acceptors (Lipinski definition) is 4. The van der Waals surface area contributed by atoms with Gasteiger partial charge in [-0.05, 0) is 25.1 Å². The number of fused-ring (bicyclic) bond motifs is 1. The second kappa shape index (κ2) is 5.49. The van der Waals surface area contributed by atoms with E-state index in [9.17, 15) is 4.79 Å². The highest BCUT2D eigenvalue weighted by Gasteiger charge is 2.13. The molecule has 2 N–H and O–H groups in total. The Kier molecular flexibility index (Phi) is 3.53. The van der Waals surface area contributed by atoms with Gasteiger partial charge in [0.15, 0.2) is 5.82 Å². The fourth-order valence-electron chi connectivity index (χ4n) is 2.05. The summed E-state index contributed by atoms with van der Waals surface area (Å²) in [4.78, 5) is 20.7. The lowest BCUT2D eigenvalue weighted by Gasteiger charge is -2.07. The van der Waals surface area contributed by atoms with Gasteiger partial charge in [-0.2, -0.15) is 5.10 Å². The number of aryl methyl sites for hydroxylation is 1. The number of halogens is 1. The number of aromatic nitrogens is 4. The molecule has 0 aliphatic carbocycles. The number of nitrogens with one attached hydrogen (secondary N) is 2. The lowest BCUT2D eigenvalue weighted by atomic mass is 10.1. The molecule has 0 atom stereocenters. The molecular formula is C14H12ClN5O. The monoisotopic (exact) mass is 301 g/mol. The quantitative estimate of drug-likeness (QED) is 0.777. The minimum absolute atomic E-state index is 0.240. The molecule has 0 saturated carbocycles. The largest absolute Gasteiger partial charge is 0.345 e. The highest BCUT2D eigenvalue weighted by Crippen LogP contribution is 2.22. The summed E-state index contributed by atoms with van der Waals surface area (Å²) in [5, 5.41) is 10.8. The van der Waals surface area contributed by atoms with Gasteiger partial charge in [0.1, 0.15) is 5.82 Å². The van der Waals surface area contributed by atoms with Crippen molar-refractivity contribution < 1.29 is 4.79 Å². The lowest BCUT2D eigenvalue weighted by Crippen LogP contribution is -2.24. The molecule has 0 spiro atoms. The molecular weight excluding hydrogens is 290 g/mol. The van der Waals surface area contributed by atoms with E-state index in [-0.39, 0.29) is 12.5 Å². The highest BCUT2D eigenvalue weighted by atomic mass is 35.5. The summed E-state index contributed by atoms with van der Waals surface area (Å²) in [7, 11) is 0. The van der Waals surface area contributed by atoms with Gasteiger partial charge in [0.05, 0.1) is 17.6 Å². The lowest BCUT2D eigenvalue weighted by molar-refractivity contribution is 0.0951. The Morgan fingerprint density at radius 3 is 3.05 bits per heavy atom. The number of rotatable bonds is 3. The molecule has 0 aliphatic rings. The van der Waals surface area contributed by atoms with Gasteiger partial charge in [0.25, 0.3) is 5.91 Å². The SMILES string of the molecule is Cc1nc(CNC(=O)c2cc(Cl)cc3cccnc23)n[nH]1. The Hall–Kier alpha value is -2.47. The molecule has 106 valence electrons. The van der Waals surface area contributed by atoms with Crippen LogP contribution in [0.4, 0.5) is 0 Å². The zero-order valence-electron chi connectivity index (χ0n) is 11.2. The van der Waals surface area contributed by atoms with Crippen molar-refractivity contribution in [1.82, 2.24) is 25.5 Å². The van der Waals surface area contributed by atoms with E-state index in [4.69, 9.17) is 11.6 Å². The van der Waals surface area contributed by atoms with Crippen LogP contribution in [-0.2, 0) is 6.54 Å². The summed E-state index contributed by atoms with van der Waals surface area (Å²) in [5.74, 6) is 0.970. The molecule has 0 radical (unpaired) electrons. The van der Waals surface area contributed by atoms with Crippen LogP contribution in [0, 0.1) is 6.92 Å². The molecule has 2 aromatic heterocycles. The summed E-state index contributed by atoms with van der Waals surface area (Å²) in [5.41, 5.74) is 1.05. The van der Waals surface area contributed by atoms with Gasteiger partial charge in [0, 0.05) is 16.6 Å². The van der Waals surface area contributed by atoms with Crippen molar-refractivity contribution in [2.24, 2.45) is 0 Å². The summed E-state index contributed by atoms with van der Waals surface area (Å²) in [6, 6.07) is 7.05. The number of carbonyl (C=O) groups excluding carboxylic acids is 1. The van der Waals surface area contributed by atoms with Gasteiger partial charge in [-0.25, -0.2) is 4.98 Å². The molecule has 7 heteroatoms. The van der Waals surface area contributed by atoms with Crippen molar-refractivity contribution in [3.63, 3.8) is 0 Å². The molecule has 2 heterocycles. The first-order chi connectivity index (χ1) is 10.1. The van der Waals surface area contributed by atoms with Gasteiger partial charge in [-0.15, -0.1) is 0 Å². The first kappa shape index (κ1) is 13.5. The van der Waals surface area contributed by atoms with Crippen LogP contribution in [0.2, 0.25) is 5.02 Å². The third-order valence-corrected chi connectivity index (χ3v) is 3.18. The first-order valence-corrected chi connectivity index (χ1v) is 6.71. The van der Waals surface area contributed by atoms with E-state index >= 15 is 0 Å². The Balaban J connectivity index is 1.87. The maximum Gasteiger partial charge on any atom is 0.253 e. The van der Waals surface area contributed by atoms with Crippen molar-refractivity contribution in [1.29, 1.82) is 0 Å². The zero-order valence-corrected chi connectivity index (χ0v) is 12.0. The fraction of sp³-hybridized carbons (Fsp3) is 0.143. The van der Waals surface area contributed by atoms with Crippen molar-refractivity contribution in [3.05, 3.63) is 52.7 Å². The number of H-pyrrole nitrogens is 1. The van der Waals surface area contributed by atoms with E-state index in [0.29, 0.717) is 27.8 Å². The second-order valence-corrected chi connectivity index (χ2v) is 4.98. The summed E-state index contributed by atoms with van der Waals surface area (Å²) in [6.07, 6.45) is 1.64.